The number of hydrogen-bond acceptors (Lipinski definition) is 5. The van der Waals surface area contributed by atoms with Gasteiger partial charge in [-0.15, -0.1) is 11.3 Å². The number of ether oxygens (including phenoxy) is 2. The van der Waals surface area contributed by atoms with Crippen molar-refractivity contribution in [2.75, 3.05) is 13.2 Å². The van der Waals surface area contributed by atoms with Gasteiger partial charge in [0.2, 0.25) is 0 Å². The average molecular weight is 348 g/mol. The van der Waals surface area contributed by atoms with Crippen LogP contribution in [0.5, 0.6) is 11.5 Å². The standard InChI is InChI=1S/C17H20N2O4S/c1-4-22-13-7-5-6-8-14(13)23-10-16(20)18-19-17(21)15-9-11(2)12(3)24-15/h5-9H,4,10H2,1-3H3,(H,18,20)(H,19,21). The number of hydrogen-bond donors (Lipinski definition) is 2. The third-order valence-electron chi connectivity index (χ3n) is 3.21. The third kappa shape index (κ3) is 4.73. The number of carbonyl (C=O) groups is 2. The number of rotatable bonds is 6. The molecule has 0 bridgehead atoms. The van der Waals surface area contributed by atoms with E-state index in [1.54, 1.807) is 24.3 Å². The molecule has 2 N–H and O–H groups in total. The van der Waals surface area contributed by atoms with Gasteiger partial charge in [0.25, 0.3) is 11.8 Å². The molecule has 1 aromatic heterocycles. The maximum Gasteiger partial charge on any atom is 0.279 e. The van der Waals surface area contributed by atoms with E-state index in [1.807, 2.05) is 26.8 Å². The summed E-state index contributed by atoms with van der Waals surface area (Å²) in [5.74, 6) is 0.241. The Hall–Kier alpha value is -2.54. The van der Waals surface area contributed by atoms with Crippen molar-refractivity contribution in [2.45, 2.75) is 20.8 Å². The molecule has 0 atom stereocenters. The van der Waals surface area contributed by atoms with Gasteiger partial charge < -0.3 is 9.47 Å². The molecule has 2 rings (SSSR count). The molecule has 0 radical (unpaired) electrons. The fraction of sp³-hybridized carbons (Fsp3) is 0.294. The molecule has 1 heterocycles. The molecule has 0 aliphatic heterocycles. The molecule has 6 nitrogen and oxygen atoms in total. The fourth-order valence-corrected chi connectivity index (χ4v) is 2.83. The maximum absolute atomic E-state index is 12.0. The molecule has 0 spiro atoms. The quantitative estimate of drug-likeness (QED) is 0.787. The lowest BCUT2D eigenvalue weighted by atomic mass is 10.3. The highest BCUT2D eigenvalue weighted by atomic mass is 32.1. The summed E-state index contributed by atoms with van der Waals surface area (Å²) in [5.41, 5.74) is 5.76. The van der Waals surface area contributed by atoms with Crippen LogP contribution in [-0.4, -0.2) is 25.0 Å². The van der Waals surface area contributed by atoms with E-state index in [0.717, 1.165) is 10.4 Å². The molecular formula is C17H20N2O4S. The fourth-order valence-electron chi connectivity index (χ4n) is 1.90. The van der Waals surface area contributed by atoms with Crippen molar-refractivity contribution < 1.29 is 19.1 Å². The van der Waals surface area contributed by atoms with E-state index >= 15 is 0 Å². The number of nitrogens with one attached hydrogen (secondary N) is 2. The van der Waals surface area contributed by atoms with Crippen LogP contribution in [0.4, 0.5) is 0 Å². The predicted molar refractivity (Wildman–Crippen MR) is 92.5 cm³/mol. The van der Waals surface area contributed by atoms with Crippen molar-refractivity contribution in [1.82, 2.24) is 10.9 Å². The topological polar surface area (TPSA) is 76.7 Å². The Morgan fingerprint density at radius 3 is 2.33 bits per heavy atom. The second kappa shape index (κ2) is 8.35. The van der Waals surface area contributed by atoms with Crippen LogP contribution < -0.4 is 20.3 Å². The molecule has 0 fully saturated rings. The number of aryl methyl sites for hydroxylation is 2. The average Bonchev–Trinajstić information content (AvgIpc) is 2.91. The second-order valence-corrected chi connectivity index (χ2v) is 6.28. The van der Waals surface area contributed by atoms with Gasteiger partial charge in [0, 0.05) is 4.88 Å². The lowest BCUT2D eigenvalue weighted by Gasteiger charge is -2.11. The van der Waals surface area contributed by atoms with E-state index in [0.29, 0.717) is 23.0 Å². The molecule has 1 aromatic carbocycles. The van der Waals surface area contributed by atoms with Crippen LogP contribution in [0.1, 0.15) is 27.0 Å². The molecular weight excluding hydrogens is 328 g/mol. The van der Waals surface area contributed by atoms with E-state index in [2.05, 4.69) is 10.9 Å². The largest absolute Gasteiger partial charge is 0.490 e. The Labute approximate surface area is 144 Å². The van der Waals surface area contributed by atoms with Crippen molar-refractivity contribution >= 4 is 23.2 Å². The van der Waals surface area contributed by atoms with Gasteiger partial charge in [0.15, 0.2) is 18.1 Å². The highest BCUT2D eigenvalue weighted by Gasteiger charge is 2.12. The van der Waals surface area contributed by atoms with Gasteiger partial charge in [-0.2, -0.15) is 0 Å². The van der Waals surface area contributed by atoms with Crippen LogP contribution in [0, 0.1) is 13.8 Å². The molecule has 0 saturated heterocycles. The van der Waals surface area contributed by atoms with Crippen LogP contribution >= 0.6 is 11.3 Å². The zero-order valence-corrected chi connectivity index (χ0v) is 14.7. The Balaban J connectivity index is 1.82. The summed E-state index contributed by atoms with van der Waals surface area (Å²) in [6.45, 7) is 6.02. The maximum atomic E-state index is 12.0. The number of amides is 2. The minimum atomic E-state index is -0.459. The molecule has 2 amide bonds. The van der Waals surface area contributed by atoms with Gasteiger partial charge in [-0.05, 0) is 44.5 Å². The second-order valence-electron chi connectivity index (χ2n) is 5.02. The van der Waals surface area contributed by atoms with Gasteiger partial charge in [-0.3, -0.25) is 20.4 Å². The van der Waals surface area contributed by atoms with Crippen molar-refractivity contribution in [3.8, 4) is 11.5 Å². The van der Waals surface area contributed by atoms with Crippen LogP contribution in [0.3, 0.4) is 0 Å². The molecule has 0 unspecified atom stereocenters. The molecule has 0 aliphatic carbocycles. The van der Waals surface area contributed by atoms with Crippen molar-refractivity contribution in [3.05, 3.63) is 45.6 Å². The van der Waals surface area contributed by atoms with Crippen molar-refractivity contribution in [1.29, 1.82) is 0 Å². The Bertz CT molecular complexity index is 708. The summed E-state index contributed by atoms with van der Waals surface area (Å²) in [6, 6.07) is 8.88. The normalized spacial score (nSPS) is 10.1. The summed E-state index contributed by atoms with van der Waals surface area (Å²) < 4.78 is 10.8. The Kier molecular flexibility index (Phi) is 6.20. The van der Waals surface area contributed by atoms with Gasteiger partial charge in [0.1, 0.15) is 0 Å². The van der Waals surface area contributed by atoms with E-state index in [9.17, 15) is 9.59 Å². The molecule has 24 heavy (non-hydrogen) atoms. The summed E-state index contributed by atoms with van der Waals surface area (Å²) in [4.78, 5) is 25.4. The lowest BCUT2D eigenvalue weighted by molar-refractivity contribution is -0.123. The summed E-state index contributed by atoms with van der Waals surface area (Å²) in [6.07, 6.45) is 0. The molecule has 0 saturated carbocycles. The molecule has 7 heteroatoms. The number of thiophene rings is 1. The SMILES string of the molecule is CCOc1ccccc1OCC(=O)NNC(=O)c1cc(C)c(C)s1. The van der Waals surface area contributed by atoms with Gasteiger partial charge in [-0.25, -0.2) is 0 Å². The van der Waals surface area contributed by atoms with Crippen molar-refractivity contribution in [2.24, 2.45) is 0 Å². The summed E-state index contributed by atoms with van der Waals surface area (Å²) in [7, 11) is 0. The first-order chi connectivity index (χ1) is 11.5. The number of benzene rings is 1. The van der Waals surface area contributed by atoms with Gasteiger partial charge >= 0.3 is 0 Å². The van der Waals surface area contributed by atoms with E-state index in [1.165, 1.54) is 11.3 Å². The minimum Gasteiger partial charge on any atom is -0.490 e. The predicted octanol–water partition coefficient (Wildman–Crippen LogP) is 2.60. The summed E-state index contributed by atoms with van der Waals surface area (Å²) in [5, 5.41) is 0. The van der Waals surface area contributed by atoms with E-state index in [-0.39, 0.29) is 12.5 Å². The number of carbonyl (C=O) groups excluding carboxylic acids is 2. The lowest BCUT2D eigenvalue weighted by Crippen LogP contribution is -2.43. The zero-order valence-electron chi connectivity index (χ0n) is 13.8. The first-order valence-corrected chi connectivity index (χ1v) is 8.33. The zero-order chi connectivity index (χ0) is 17.5. The summed E-state index contributed by atoms with van der Waals surface area (Å²) >= 11 is 1.38. The first-order valence-electron chi connectivity index (χ1n) is 7.52. The van der Waals surface area contributed by atoms with Gasteiger partial charge in [-0.1, -0.05) is 12.1 Å². The smallest absolute Gasteiger partial charge is 0.279 e. The van der Waals surface area contributed by atoms with E-state index in [4.69, 9.17) is 9.47 Å². The highest BCUT2D eigenvalue weighted by Crippen LogP contribution is 2.26. The minimum absolute atomic E-state index is 0.229. The molecule has 2 aromatic rings. The molecule has 128 valence electrons. The highest BCUT2D eigenvalue weighted by molar-refractivity contribution is 7.14. The number of para-hydroxylation sites is 2. The molecule has 0 aliphatic rings. The Morgan fingerprint density at radius 1 is 1.08 bits per heavy atom. The van der Waals surface area contributed by atoms with Crippen LogP contribution in [0.15, 0.2) is 30.3 Å². The van der Waals surface area contributed by atoms with Gasteiger partial charge in [0.05, 0.1) is 11.5 Å². The van der Waals surface area contributed by atoms with Crippen LogP contribution in [-0.2, 0) is 4.79 Å². The monoisotopic (exact) mass is 348 g/mol. The Morgan fingerprint density at radius 2 is 1.75 bits per heavy atom. The third-order valence-corrected chi connectivity index (χ3v) is 4.36. The first kappa shape index (κ1) is 17.8. The van der Waals surface area contributed by atoms with Crippen LogP contribution in [0.2, 0.25) is 0 Å². The number of hydrazine groups is 1. The van der Waals surface area contributed by atoms with Crippen LogP contribution in [0.25, 0.3) is 0 Å². The van der Waals surface area contributed by atoms with E-state index < -0.39 is 5.91 Å². The van der Waals surface area contributed by atoms with Crippen molar-refractivity contribution in [3.63, 3.8) is 0 Å².